The highest BCUT2D eigenvalue weighted by Gasteiger charge is 2.35. The molecule has 0 saturated carbocycles. The molecule has 18 rings (SSSR count). The Labute approximate surface area is 900 Å². The van der Waals surface area contributed by atoms with Crippen molar-refractivity contribution in [3.05, 3.63) is 407 Å². The molecule has 32 nitrogen and oxygen atoms in total. The number of pyridine rings is 6. The van der Waals surface area contributed by atoms with Crippen LogP contribution < -0.4 is 9.47 Å². The topological polar surface area (TPSA) is 410 Å². The Morgan fingerprint density at radius 3 is 0.846 bits per heavy atom. The number of carbonyl (C=O) groups excluding carboxylic acids is 6. The molecule has 12 heterocycles. The molecule has 0 atom stereocenters. The molecule has 762 valence electrons. The number of alkyl halides is 3. The Bertz CT molecular complexity index is 7650. The summed E-state index contributed by atoms with van der Waals surface area (Å²) < 4.78 is 125. The number of halogens is 16. The second-order valence-corrected chi connectivity index (χ2v) is 34.9. The number of nitrogens with zero attached hydrogens (tertiary/aromatic N) is 12. The Kier molecular flexibility index (Phi) is 39.7. The fraction of sp³-hybridized carbons (Fsp3) is 0.109. The van der Waals surface area contributed by atoms with Gasteiger partial charge in [-0.1, -0.05) is 284 Å². The van der Waals surface area contributed by atoms with E-state index in [1.54, 1.807) is 56.7 Å². The molecule has 0 bridgehead atoms. The molecule has 48 heteroatoms. The number of carbonyl (C=O) groups is 6. The van der Waals surface area contributed by atoms with Gasteiger partial charge in [-0.3, -0.25) is 0 Å². The first-order valence-electron chi connectivity index (χ1n) is 42.5. The molecule has 0 aliphatic carbocycles. The number of esters is 6. The molecule has 0 spiro atoms. The number of rotatable bonds is 26. The molecule has 0 aliphatic heterocycles. The van der Waals surface area contributed by atoms with Crippen LogP contribution in [0.1, 0.15) is 113 Å². The Hall–Kier alpha value is -14.9. The molecule has 0 saturated heterocycles. The van der Waals surface area contributed by atoms with Gasteiger partial charge in [-0.05, 0) is 92.7 Å². The van der Waals surface area contributed by atoms with Crippen LogP contribution in [0.25, 0.3) is 67.5 Å². The highest BCUT2D eigenvalue weighted by molar-refractivity contribution is 6.38. The van der Waals surface area contributed by atoms with Gasteiger partial charge in [0.05, 0.1) is 83.3 Å². The van der Waals surface area contributed by atoms with E-state index in [0.717, 1.165) is 39.4 Å². The first kappa shape index (κ1) is 111. The summed E-state index contributed by atoms with van der Waals surface area (Å²) in [5, 5.41) is 24.9. The van der Waals surface area contributed by atoms with Crippen molar-refractivity contribution >= 4 is 175 Å². The molecule has 0 fully saturated rings. The number of hydrogen-bond acceptors (Lipinski definition) is 32. The number of hydrogen-bond donors (Lipinski definition) is 0. The molecule has 12 aromatic heterocycles. The van der Waals surface area contributed by atoms with Crippen molar-refractivity contribution in [2.45, 2.75) is 59.7 Å². The van der Waals surface area contributed by atoms with Crippen LogP contribution in [-0.4, -0.2) is 111 Å². The number of benzene rings is 6. The van der Waals surface area contributed by atoms with Crippen molar-refractivity contribution in [1.82, 2.24) is 60.8 Å². The lowest BCUT2D eigenvalue weighted by atomic mass is 10.0. The average Bonchev–Trinajstić information content (AvgIpc) is 1.75. The van der Waals surface area contributed by atoms with Gasteiger partial charge in [-0.2, -0.15) is 13.2 Å². The summed E-state index contributed by atoms with van der Waals surface area (Å²) >= 11 is 69.8. The van der Waals surface area contributed by atoms with Crippen LogP contribution in [0.5, 0.6) is 11.5 Å². The van der Waals surface area contributed by atoms with Gasteiger partial charge in [0, 0.05) is 107 Å². The lowest BCUT2D eigenvalue weighted by Crippen LogP contribution is -2.07. The highest BCUT2D eigenvalue weighted by atomic mass is 35.5. The predicted molar refractivity (Wildman–Crippen MR) is 539 cm³/mol. The summed E-state index contributed by atoms with van der Waals surface area (Å²) in [5.41, 5.74) is 8.20. The van der Waals surface area contributed by atoms with Crippen LogP contribution in [-0.2, 0) is 74.2 Å². The molecule has 0 radical (unpaired) electrons. The van der Waals surface area contributed by atoms with E-state index in [-0.39, 0.29) is 147 Å². The van der Waals surface area contributed by atoms with E-state index in [1.807, 2.05) is 111 Å². The van der Waals surface area contributed by atoms with Crippen molar-refractivity contribution in [2.75, 3.05) is 14.2 Å². The van der Waals surface area contributed by atoms with Crippen molar-refractivity contribution in [2.24, 2.45) is 0 Å². The third-order valence-electron chi connectivity index (χ3n) is 19.7. The van der Waals surface area contributed by atoms with E-state index in [2.05, 4.69) is 60.8 Å². The molecular weight excluding hydrogens is 2200 g/mol. The van der Waals surface area contributed by atoms with Crippen LogP contribution in [0, 0.1) is 19.7 Å². The minimum Gasteiger partial charge on any atom is -0.497 e. The van der Waals surface area contributed by atoms with Crippen LogP contribution >= 0.6 is 139 Å². The van der Waals surface area contributed by atoms with Gasteiger partial charge in [-0.25, -0.2) is 63.1 Å². The highest BCUT2D eigenvalue weighted by Crippen LogP contribution is 2.39. The molecule has 0 N–H and O–H groups in total. The Morgan fingerprint density at radius 2 is 0.544 bits per heavy atom. The molecule has 0 aliphatic rings. The Balaban J connectivity index is 0.000000149. The minimum atomic E-state index is -4.54. The van der Waals surface area contributed by atoms with Gasteiger partial charge in [0.1, 0.15) is 82.4 Å². The maximum absolute atomic E-state index is 13.7. The zero-order chi connectivity index (χ0) is 107. The van der Waals surface area contributed by atoms with E-state index >= 15 is 0 Å². The van der Waals surface area contributed by atoms with Crippen molar-refractivity contribution in [1.29, 1.82) is 0 Å². The maximum Gasteiger partial charge on any atom is 0.417 e. The first-order chi connectivity index (χ1) is 71.5. The van der Waals surface area contributed by atoms with Crippen molar-refractivity contribution in [3.8, 4) is 79.0 Å². The molecule has 149 heavy (non-hydrogen) atoms. The summed E-state index contributed by atoms with van der Waals surface area (Å²) in [6.07, 6.45) is 3.43. The molecule has 18 aromatic rings. The standard InChI is InChI=1S/C17H9Cl2F3N2O3.2C17H12Cl2N2O4.2C17H12Cl2N2O3.C16H9Cl2FN2O3/c18-9-5-12(15(19)23-7-9)16(25)26-8-10-6-14(24-27-10)11-3-1-2-4-13(11)17(20,21)22;1-23-12-4-2-3-10(5-12)15-7-13(25-21-15)9-24-17(22)14-6-11(18)8-20-16(14)19;1-23-15-5-3-2-4-12(15)14-7-11(25-21-14)9-24-17(22)13-6-10(18)8-20-16(13)19;2*1-10-2-4-11(5-3-10)15-7-13(24-21-15)9-23-17(22)14-6-12(18)8-20-16(14)19;17-9-5-12(15(18)20-7-9)16(22)23-8-10-6-14(21-24-10)11-3-1-2-4-13(11)19/h1-7H,8H2;2*2-8H,9H2,1H3;2*2-8H,9H2,1H3;1-7H,8H2. The summed E-state index contributed by atoms with van der Waals surface area (Å²) in [4.78, 5) is 94.9. The summed E-state index contributed by atoms with van der Waals surface area (Å²) in [6, 6.07) is 59.3. The van der Waals surface area contributed by atoms with Gasteiger partial charge in [-0.15, -0.1) is 0 Å². The van der Waals surface area contributed by atoms with Crippen LogP contribution in [0.3, 0.4) is 0 Å². The molecular formula is C101H66Cl12F4N12O20. The maximum atomic E-state index is 13.7. The van der Waals surface area contributed by atoms with Gasteiger partial charge >= 0.3 is 42.0 Å². The smallest absolute Gasteiger partial charge is 0.417 e. The van der Waals surface area contributed by atoms with E-state index < -0.39 is 53.4 Å². The zero-order valence-corrected chi connectivity index (χ0v) is 85.6. The Morgan fingerprint density at radius 1 is 0.282 bits per heavy atom. The molecule has 0 amide bonds. The van der Waals surface area contributed by atoms with E-state index in [1.165, 1.54) is 110 Å². The minimum absolute atomic E-state index is 0.0154. The van der Waals surface area contributed by atoms with E-state index in [9.17, 15) is 46.3 Å². The third kappa shape index (κ3) is 31.8. The summed E-state index contributed by atoms with van der Waals surface area (Å²) in [7, 11) is 3.16. The van der Waals surface area contributed by atoms with Crippen LogP contribution in [0.2, 0.25) is 61.1 Å². The largest absolute Gasteiger partial charge is 0.497 e. The second kappa shape index (κ2) is 53.1. The van der Waals surface area contributed by atoms with Gasteiger partial charge in [0.15, 0.2) is 74.2 Å². The lowest BCUT2D eigenvalue weighted by molar-refractivity contribution is -0.137. The number of para-hydroxylation sites is 1. The van der Waals surface area contributed by atoms with Crippen molar-refractivity contribution < 1.29 is 111 Å². The first-order valence-corrected chi connectivity index (χ1v) is 47.0. The monoisotopic (exact) mass is 2260 g/mol. The van der Waals surface area contributed by atoms with Gasteiger partial charge in [0.25, 0.3) is 0 Å². The number of methoxy groups -OCH3 is 2. The number of aromatic nitrogens is 12. The molecule has 6 aromatic carbocycles. The fourth-order valence-corrected chi connectivity index (χ4v) is 14.5. The number of aryl methyl sites for hydroxylation is 2. The van der Waals surface area contributed by atoms with E-state index in [0.29, 0.717) is 78.6 Å². The quantitative estimate of drug-likeness (QED) is 0.0210. The SMILES string of the molecule is COc1cccc(-c2cc(COC(=O)c3cc(Cl)cnc3Cl)on2)c1.COc1ccccc1-c1cc(COC(=O)c2cc(Cl)cnc2Cl)on1.Cc1ccc(-c2cc(COC(=O)c3cc(Cl)cnc3Cl)on2)cc1.Cc1ccc(-c2cc(COC(=O)c3cc(Cl)cnc3Cl)on2)cc1.O=C(OCc1cc(-c2ccccc2C(F)(F)F)no1)c1cc(Cl)cnc1Cl.O=C(OCc1cc(-c2ccccc2F)no1)c1cc(Cl)cnc1Cl. The van der Waals surface area contributed by atoms with Crippen LogP contribution in [0.15, 0.2) is 283 Å². The summed E-state index contributed by atoms with van der Waals surface area (Å²) in [5.74, 6) is -1.25. The van der Waals surface area contributed by atoms with Gasteiger partial charge < -0.3 is 65.0 Å². The lowest BCUT2D eigenvalue weighted by Gasteiger charge is -2.10. The predicted octanol–water partition coefficient (Wildman–Crippen LogP) is 28.2. The fourth-order valence-electron chi connectivity index (χ4n) is 12.5. The average molecular weight is 2270 g/mol. The van der Waals surface area contributed by atoms with E-state index in [4.69, 9.17) is 204 Å². The third-order valence-corrected chi connectivity index (χ3v) is 22.7. The normalized spacial score (nSPS) is 10.7. The van der Waals surface area contributed by atoms with Gasteiger partial charge in [0.2, 0.25) is 0 Å². The van der Waals surface area contributed by atoms with Crippen LogP contribution in [0.4, 0.5) is 17.6 Å². The summed E-state index contributed by atoms with van der Waals surface area (Å²) in [6.45, 7) is 3.12. The second-order valence-electron chi connectivity index (χ2n) is 30.2. The zero-order valence-electron chi connectivity index (χ0n) is 76.6. The molecule has 0 unspecified atom stereocenters. The van der Waals surface area contributed by atoms with Crippen molar-refractivity contribution in [3.63, 3.8) is 0 Å². The number of ether oxygens (including phenoxy) is 8.